The summed E-state index contributed by atoms with van der Waals surface area (Å²) in [6, 6.07) is 0. The second-order valence-electron chi connectivity index (χ2n) is 3.06. The van der Waals surface area contributed by atoms with Gasteiger partial charge in [-0.25, -0.2) is 4.68 Å². The molecular weight excluding hydrogens is 274 g/mol. The summed E-state index contributed by atoms with van der Waals surface area (Å²) in [6.07, 6.45) is 3.31. The Morgan fingerprint density at radius 1 is 1.75 bits per heavy atom. The smallest absolute Gasteiger partial charge is 0.283 e. The molecule has 0 aliphatic heterocycles. The maximum absolute atomic E-state index is 11.8. The average Bonchev–Trinajstić information content (AvgIpc) is 2.30. The summed E-state index contributed by atoms with van der Waals surface area (Å²) in [6.45, 7) is 5.07. The minimum absolute atomic E-state index is 0.175. The second-order valence-corrected chi connectivity index (χ2v) is 3.86. The summed E-state index contributed by atoms with van der Waals surface area (Å²) in [5, 5.41) is 7.04. The third-order valence-corrected chi connectivity index (χ3v) is 2.70. The van der Waals surface area contributed by atoms with E-state index in [0.717, 1.165) is 0 Å². The summed E-state index contributed by atoms with van der Waals surface area (Å²) in [5.41, 5.74) is 0.490. The lowest BCUT2D eigenvalue weighted by Gasteiger charge is -2.08. The van der Waals surface area contributed by atoms with E-state index in [0.29, 0.717) is 29.9 Å². The van der Waals surface area contributed by atoms with Crippen LogP contribution in [0.5, 0.6) is 0 Å². The summed E-state index contributed by atoms with van der Waals surface area (Å²) >= 11 is 3.24. The van der Waals surface area contributed by atoms with Crippen molar-refractivity contribution in [3.05, 3.63) is 33.7 Å². The number of nitrogens with zero attached hydrogens (tertiary/aromatic N) is 2. The molecule has 0 aromatic carbocycles. The first-order valence-electron chi connectivity index (χ1n) is 4.80. The van der Waals surface area contributed by atoms with Gasteiger partial charge in [0, 0.05) is 13.7 Å². The third kappa shape index (κ3) is 3.18. The Hall–Kier alpha value is -1.14. The number of halogens is 1. The number of ether oxygens (including phenoxy) is 1. The number of hydrogen-bond acceptors (Lipinski definition) is 4. The van der Waals surface area contributed by atoms with Gasteiger partial charge in [0.1, 0.15) is 4.47 Å². The molecule has 16 heavy (non-hydrogen) atoms. The lowest BCUT2D eigenvalue weighted by atomic mass is 10.4. The van der Waals surface area contributed by atoms with Crippen LogP contribution in [0.25, 0.3) is 0 Å². The summed E-state index contributed by atoms with van der Waals surface area (Å²) in [5.74, 6) is 0. The van der Waals surface area contributed by atoms with Crippen molar-refractivity contribution in [1.82, 2.24) is 9.78 Å². The van der Waals surface area contributed by atoms with Gasteiger partial charge in [-0.05, 0) is 15.9 Å². The van der Waals surface area contributed by atoms with Gasteiger partial charge in [0.25, 0.3) is 5.56 Å². The Bertz CT molecular complexity index is 417. The SMILES string of the molecule is C=CCNc1cnn(CCOC)c(=O)c1Br. The van der Waals surface area contributed by atoms with Crippen molar-refractivity contribution in [3.8, 4) is 0 Å². The normalized spacial score (nSPS) is 10.1. The van der Waals surface area contributed by atoms with Crippen molar-refractivity contribution in [1.29, 1.82) is 0 Å². The molecule has 0 aliphatic rings. The van der Waals surface area contributed by atoms with Crippen LogP contribution in [0, 0.1) is 0 Å². The predicted octanol–water partition coefficient (Wildman–Crippen LogP) is 1.25. The van der Waals surface area contributed by atoms with Crippen LogP contribution in [0.4, 0.5) is 5.69 Å². The zero-order chi connectivity index (χ0) is 12.0. The van der Waals surface area contributed by atoms with E-state index in [4.69, 9.17) is 4.74 Å². The number of methoxy groups -OCH3 is 1. The van der Waals surface area contributed by atoms with Gasteiger partial charge in [0.05, 0.1) is 25.0 Å². The molecule has 1 aromatic rings. The van der Waals surface area contributed by atoms with Crippen molar-refractivity contribution < 1.29 is 4.74 Å². The first-order valence-corrected chi connectivity index (χ1v) is 5.59. The molecule has 0 saturated carbocycles. The highest BCUT2D eigenvalue weighted by Gasteiger charge is 2.07. The lowest BCUT2D eigenvalue weighted by molar-refractivity contribution is 0.181. The van der Waals surface area contributed by atoms with E-state index in [9.17, 15) is 4.79 Å². The number of nitrogens with one attached hydrogen (secondary N) is 1. The zero-order valence-electron chi connectivity index (χ0n) is 9.07. The molecule has 0 aliphatic carbocycles. The van der Waals surface area contributed by atoms with Crippen molar-refractivity contribution in [2.45, 2.75) is 6.54 Å². The van der Waals surface area contributed by atoms with Crippen LogP contribution in [0.2, 0.25) is 0 Å². The monoisotopic (exact) mass is 287 g/mol. The molecule has 0 saturated heterocycles. The van der Waals surface area contributed by atoms with Crippen LogP contribution >= 0.6 is 15.9 Å². The van der Waals surface area contributed by atoms with Crippen LogP contribution in [-0.2, 0) is 11.3 Å². The summed E-state index contributed by atoms with van der Waals surface area (Å²) in [4.78, 5) is 11.8. The molecule has 0 unspecified atom stereocenters. The van der Waals surface area contributed by atoms with Gasteiger partial charge in [-0.15, -0.1) is 6.58 Å². The van der Waals surface area contributed by atoms with Gasteiger partial charge >= 0.3 is 0 Å². The Labute approximate surface area is 102 Å². The van der Waals surface area contributed by atoms with Gasteiger partial charge in [-0.3, -0.25) is 4.79 Å². The van der Waals surface area contributed by atoms with Crippen LogP contribution in [0.3, 0.4) is 0 Å². The highest BCUT2D eigenvalue weighted by molar-refractivity contribution is 9.10. The standard InChI is InChI=1S/C10H14BrN3O2/c1-3-4-12-8-7-13-14(5-6-16-2)10(15)9(8)11/h3,7,12H,1,4-6H2,2H3. The molecule has 0 radical (unpaired) electrons. The van der Waals surface area contributed by atoms with E-state index in [-0.39, 0.29) is 5.56 Å². The molecule has 88 valence electrons. The van der Waals surface area contributed by atoms with Crippen LogP contribution < -0.4 is 10.9 Å². The Morgan fingerprint density at radius 2 is 2.50 bits per heavy atom. The molecule has 6 heteroatoms. The summed E-state index contributed by atoms with van der Waals surface area (Å²) in [7, 11) is 1.58. The van der Waals surface area contributed by atoms with E-state index in [1.165, 1.54) is 4.68 Å². The first kappa shape index (κ1) is 12.9. The Morgan fingerprint density at radius 3 is 3.12 bits per heavy atom. The molecule has 1 rings (SSSR count). The van der Waals surface area contributed by atoms with Gasteiger partial charge in [-0.2, -0.15) is 5.10 Å². The quantitative estimate of drug-likeness (QED) is 0.800. The molecule has 0 bridgehead atoms. The highest BCUT2D eigenvalue weighted by Crippen LogP contribution is 2.15. The molecule has 0 atom stereocenters. The fourth-order valence-electron chi connectivity index (χ4n) is 1.11. The van der Waals surface area contributed by atoms with Gasteiger partial charge < -0.3 is 10.1 Å². The van der Waals surface area contributed by atoms with E-state index in [1.807, 2.05) is 0 Å². The third-order valence-electron chi connectivity index (χ3n) is 1.93. The molecule has 1 aromatic heterocycles. The molecule has 5 nitrogen and oxygen atoms in total. The maximum Gasteiger partial charge on any atom is 0.283 e. The van der Waals surface area contributed by atoms with Crippen molar-refractivity contribution in [2.24, 2.45) is 0 Å². The second kappa shape index (κ2) is 6.44. The van der Waals surface area contributed by atoms with Crippen LogP contribution in [0.15, 0.2) is 28.1 Å². The summed E-state index contributed by atoms with van der Waals surface area (Å²) < 4.78 is 6.72. The molecule has 0 fully saturated rings. The van der Waals surface area contributed by atoms with E-state index in [1.54, 1.807) is 19.4 Å². The van der Waals surface area contributed by atoms with Crippen molar-refractivity contribution in [3.63, 3.8) is 0 Å². The van der Waals surface area contributed by atoms with E-state index >= 15 is 0 Å². The molecule has 1 N–H and O–H groups in total. The van der Waals surface area contributed by atoms with Crippen molar-refractivity contribution >= 4 is 21.6 Å². The minimum Gasteiger partial charge on any atom is -0.383 e. The van der Waals surface area contributed by atoms with Crippen molar-refractivity contribution in [2.75, 3.05) is 25.6 Å². The van der Waals surface area contributed by atoms with Crippen LogP contribution in [-0.4, -0.2) is 30.0 Å². The zero-order valence-corrected chi connectivity index (χ0v) is 10.7. The molecule has 1 heterocycles. The Balaban J connectivity index is 2.89. The Kier molecular flexibility index (Phi) is 5.21. The molecular formula is C10H14BrN3O2. The molecule has 0 spiro atoms. The average molecular weight is 288 g/mol. The number of rotatable bonds is 6. The molecule has 0 amide bonds. The van der Waals surface area contributed by atoms with Gasteiger partial charge in [0.2, 0.25) is 0 Å². The minimum atomic E-state index is -0.175. The fourth-order valence-corrected chi connectivity index (χ4v) is 1.55. The predicted molar refractivity (Wildman–Crippen MR) is 66.8 cm³/mol. The number of aromatic nitrogens is 2. The number of hydrogen-bond donors (Lipinski definition) is 1. The number of anilines is 1. The van der Waals surface area contributed by atoms with Crippen LogP contribution in [0.1, 0.15) is 0 Å². The van der Waals surface area contributed by atoms with E-state index in [2.05, 4.69) is 32.9 Å². The van der Waals surface area contributed by atoms with Gasteiger partial charge in [-0.1, -0.05) is 6.08 Å². The lowest BCUT2D eigenvalue weighted by Crippen LogP contribution is -2.26. The topological polar surface area (TPSA) is 56.1 Å². The van der Waals surface area contributed by atoms with Gasteiger partial charge in [0.15, 0.2) is 0 Å². The maximum atomic E-state index is 11.8. The first-order chi connectivity index (χ1) is 7.70. The van der Waals surface area contributed by atoms with E-state index < -0.39 is 0 Å². The fraction of sp³-hybridized carbons (Fsp3) is 0.400. The highest BCUT2D eigenvalue weighted by atomic mass is 79.9. The largest absolute Gasteiger partial charge is 0.383 e.